The van der Waals surface area contributed by atoms with E-state index in [-0.39, 0.29) is 0 Å². The van der Waals surface area contributed by atoms with Gasteiger partial charge in [0.05, 0.1) is 0 Å². The van der Waals surface area contributed by atoms with Crippen LogP contribution in [0.5, 0.6) is 0 Å². The van der Waals surface area contributed by atoms with Gasteiger partial charge in [0.15, 0.2) is 0 Å². The maximum absolute atomic E-state index is 13.9. The average molecular weight is 531 g/mol. The molecule has 0 unspecified atom stereocenters. The molecule has 3 rings (SSSR count). The van der Waals surface area contributed by atoms with Crippen molar-refractivity contribution in [2.45, 2.75) is 108 Å². The minimum absolute atomic E-state index is 0.472. The Morgan fingerprint density at radius 2 is 1.11 bits per heavy atom. The minimum Gasteiger partial charge on any atom is -0.194 e. The van der Waals surface area contributed by atoms with E-state index >= 15 is 0 Å². The molecule has 7 heteroatoms. The van der Waals surface area contributed by atoms with Crippen molar-refractivity contribution in [2.75, 3.05) is 0 Å². The predicted octanol–water partition coefficient (Wildman–Crippen LogP) is 11.1. The SMILES string of the molecule is CCCCCCCCCC1CCC(c2ccc(-c3ccc(C(F)(F)C(F)(F)C(F)(F)F)cc3)cc2)CC1. The molecule has 0 aromatic heterocycles. The Morgan fingerprint density at radius 1 is 0.622 bits per heavy atom. The maximum atomic E-state index is 13.9. The number of benzene rings is 2. The van der Waals surface area contributed by atoms with Crippen LogP contribution in [0.25, 0.3) is 11.1 Å². The van der Waals surface area contributed by atoms with Crippen LogP contribution in [0.15, 0.2) is 48.5 Å². The summed E-state index contributed by atoms with van der Waals surface area (Å²) in [5, 5.41) is 0. The third-order valence-electron chi connectivity index (χ3n) is 7.78. The lowest BCUT2D eigenvalue weighted by atomic mass is 9.77. The molecule has 37 heavy (non-hydrogen) atoms. The molecule has 0 amide bonds. The van der Waals surface area contributed by atoms with E-state index in [4.69, 9.17) is 0 Å². The molecule has 1 fully saturated rings. The third kappa shape index (κ3) is 7.29. The van der Waals surface area contributed by atoms with Crippen molar-refractivity contribution in [3.05, 3.63) is 59.7 Å². The van der Waals surface area contributed by atoms with Crippen LogP contribution >= 0.6 is 0 Å². The van der Waals surface area contributed by atoms with Crippen LogP contribution in [0.3, 0.4) is 0 Å². The largest absolute Gasteiger partial charge is 0.460 e. The molecule has 0 N–H and O–H groups in total. The zero-order valence-electron chi connectivity index (χ0n) is 21.4. The van der Waals surface area contributed by atoms with Crippen molar-refractivity contribution in [3.63, 3.8) is 0 Å². The van der Waals surface area contributed by atoms with Gasteiger partial charge in [-0.1, -0.05) is 107 Å². The van der Waals surface area contributed by atoms with E-state index in [0.717, 1.165) is 30.9 Å². The summed E-state index contributed by atoms with van der Waals surface area (Å²) in [4.78, 5) is 0. The van der Waals surface area contributed by atoms with Gasteiger partial charge in [-0.25, -0.2) is 0 Å². The lowest BCUT2D eigenvalue weighted by Gasteiger charge is -2.29. The number of unbranched alkanes of at least 4 members (excludes halogenated alkanes) is 6. The second-order valence-corrected chi connectivity index (χ2v) is 10.5. The summed E-state index contributed by atoms with van der Waals surface area (Å²) in [5.74, 6) is -10.2. The molecule has 1 saturated carbocycles. The number of hydrogen-bond acceptors (Lipinski definition) is 0. The number of alkyl halides is 7. The fourth-order valence-corrected chi connectivity index (χ4v) is 5.35. The topological polar surface area (TPSA) is 0 Å². The first-order chi connectivity index (χ1) is 17.5. The van der Waals surface area contributed by atoms with Crippen LogP contribution in [-0.2, 0) is 5.92 Å². The summed E-state index contributed by atoms with van der Waals surface area (Å²) >= 11 is 0. The van der Waals surface area contributed by atoms with Crippen molar-refractivity contribution in [2.24, 2.45) is 5.92 Å². The first-order valence-corrected chi connectivity index (χ1v) is 13.5. The van der Waals surface area contributed by atoms with Gasteiger partial charge in [0.2, 0.25) is 0 Å². The maximum Gasteiger partial charge on any atom is 0.460 e. The van der Waals surface area contributed by atoms with Crippen LogP contribution in [0.1, 0.15) is 101 Å². The van der Waals surface area contributed by atoms with Gasteiger partial charge in [-0.3, -0.25) is 0 Å². The fourth-order valence-electron chi connectivity index (χ4n) is 5.35. The summed E-state index contributed by atoms with van der Waals surface area (Å²) in [6.45, 7) is 2.23. The van der Waals surface area contributed by atoms with Gasteiger partial charge in [0.1, 0.15) is 0 Å². The highest BCUT2D eigenvalue weighted by molar-refractivity contribution is 5.64. The second-order valence-electron chi connectivity index (χ2n) is 10.5. The van der Waals surface area contributed by atoms with Gasteiger partial charge in [0, 0.05) is 5.56 Å². The summed E-state index contributed by atoms with van der Waals surface area (Å²) in [5.41, 5.74) is 1.00. The summed E-state index contributed by atoms with van der Waals surface area (Å²) in [6.07, 6.45) is 8.97. The Labute approximate surface area is 215 Å². The highest BCUT2D eigenvalue weighted by Gasteiger charge is 2.73. The third-order valence-corrected chi connectivity index (χ3v) is 7.78. The zero-order chi connectivity index (χ0) is 27.1. The van der Waals surface area contributed by atoms with Crippen molar-refractivity contribution >= 4 is 0 Å². The van der Waals surface area contributed by atoms with Gasteiger partial charge in [0.25, 0.3) is 0 Å². The van der Waals surface area contributed by atoms with Crippen LogP contribution in [-0.4, -0.2) is 12.1 Å². The van der Waals surface area contributed by atoms with Gasteiger partial charge in [-0.2, -0.15) is 30.7 Å². The molecule has 0 spiro atoms. The molecule has 206 valence electrons. The monoisotopic (exact) mass is 530 g/mol. The van der Waals surface area contributed by atoms with Crippen molar-refractivity contribution in [3.8, 4) is 11.1 Å². The summed E-state index contributed by atoms with van der Waals surface area (Å²) < 4.78 is 91.9. The molecule has 0 nitrogen and oxygen atoms in total. The minimum atomic E-state index is -6.35. The Balaban J connectivity index is 1.51. The van der Waals surface area contributed by atoms with E-state index in [1.165, 1.54) is 69.8 Å². The van der Waals surface area contributed by atoms with Gasteiger partial charge >= 0.3 is 18.0 Å². The predicted molar refractivity (Wildman–Crippen MR) is 134 cm³/mol. The molecule has 0 bridgehead atoms. The normalized spacial score (nSPS) is 19.2. The molecule has 0 radical (unpaired) electrons. The average Bonchev–Trinajstić information content (AvgIpc) is 2.88. The second kappa shape index (κ2) is 12.7. The van der Waals surface area contributed by atoms with Gasteiger partial charge in [-0.15, -0.1) is 0 Å². The van der Waals surface area contributed by atoms with Crippen molar-refractivity contribution in [1.29, 1.82) is 0 Å². The van der Waals surface area contributed by atoms with Crippen molar-refractivity contribution in [1.82, 2.24) is 0 Å². The van der Waals surface area contributed by atoms with Gasteiger partial charge in [-0.05, 0) is 54.2 Å². The lowest BCUT2D eigenvalue weighted by Crippen LogP contribution is -2.49. The Morgan fingerprint density at radius 3 is 1.62 bits per heavy atom. The summed E-state index contributed by atoms with van der Waals surface area (Å²) in [7, 11) is 0. The van der Waals surface area contributed by atoms with Crippen LogP contribution in [0.4, 0.5) is 30.7 Å². The number of halogens is 7. The fraction of sp³-hybridized carbons (Fsp3) is 0.600. The standard InChI is InChI=1S/C30H37F7/c1-2-3-4-5-6-7-8-9-22-10-12-23(13-11-22)24-14-16-25(17-15-24)26-18-20-27(21-19-26)28(31,32)29(33,34)30(35,36)37/h14-23H,2-13H2,1H3. The molecule has 0 aliphatic heterocycles. The molecule has 1 aliphatic carbocycles. The molecule has 0 atom stereocenters. The Kier molecular flexibility index (Phi) is 10.1. The highest BCUT2D eigenvalue weighted by atomic mass is 19.4. The van der Waals surface area contributed by atoms with E-state index in [9.17, 15) is 30.7 Å². The highest BCUT2D eigenvalue weighted by Crippen LogP contribution is 2.51. The summed E-state index contributed by atoms with van der Waals surface area (Å²) in [6, 6.07) is 11.3. The number of rotatable bonds is 12. The molecule has 2 aromatic rings. The van der Waals surface area contributed by atoms with E-state index < -0.39 is 23.6 Å². The van der Waals surface area contributed by atoms with E-state index in [2.05, 4.69) is 6.92 Å². The van der Waals surface area contributed by atoms with Crippen LogP contribution < -0.4 is 0 Å². The van der Waals surface area contributed by atoms with Crippen LogP contribution in [0, 0.1) is 5.92 Å². The molecule has 1 aliphatic rings. The quantitative estimate of drug-likeness (QED) is 0.189. The molecule has 0 saturated heterocycles. The molecular formula is C30H37F7. The first-order valence-electron chi connectivity index (χ1n) is 13.5. The molecule has 2 aromatic carbocycles. The van der Waals surface area contributed by atoms with E-state index in [0.29, 0.717) is 29.2 Å². The first kappa shape index (κ1) is 29.5. The van der Waals surface area contributed by atoms with E-state index in [1.807, 2.05) is 24.3 Å². The molecular weight excluding hydrogens is 493 g/mol. The smallest absolute Gasteiger partial charge is 0.194 e. The number of hydrogen-bond donors (Lipinski definition) is 0. The van der Waals surface area contributed by atoms with Crippen LogP contribution in [0.2, 0.25) is 0 Å². The lowest BCUT2D eigenvalue weighted by molar-refractivity contribution is -0.359. The van der Waals surface area contributed by atoms with Gasteiger partial charge < -0.3 is 0 Å². The Hall–Kier alpha value is -2.05. The van der Waals surface area contributed by atoms with Crippen molar-refractivity contribution < 1.29 is 30.7 Å². The van der Waals surface area contributed by atoms with E-state index in [1.54, 1.807) is 0 Å². The molecule has 0 heterocycles. The Bertz CT molecular complexity index is 937. The zero-order valence-corrected chi connectivity index (χ0v) is 21.4.